The summed E-state index contributed by atoms with van der Waals surface area (Å²) in [5, 5.41) is 3.06. The number of rotatable bonds is 6. The maximum absolute atomic E-state index is 11.4. The molecule has 13 heavy (non-hydrogen) atoms. The van der Waals surface area contributed by atoms with Crippen LogP contribution in [0.2, 0.25) is 0 Å². The van der Waals surface area contributed by atoms with E-state index in [0.717, 1.165) is 13.0 Å². The lowest BCUT2D eigenvalue weighted by Crippen LogP contribution is -2.39. The zero-order valence-electron chi connectivity index (χ0n) is 8.84. The molecule has 0 aromatic rings. The summed E-state index contributed by atoms with van der Waals surface area (Å²) < 4.78 is 0. The van der Waals surface area contributed by atoms with E-state index in [1.54, 1.807) is 4.90 Å². The molecule has 0 saturated heterocycles. The van der Waals surface area contributed by atoms with Gasteiger partial charge in [-0.25, -0.2) is 0 Å². The van der Waals surface area contributed by atoms with Gasteiger partial charge >= 0.3 is 0 Å². The molecule has 1 amide bonds. The van der Waals surface area contributed by atoms with E-state index in [0.29, 0.717) is 6.54 Å². The molecule has 1 N–H and O–H groups in total. The van der Waals surface area contributed by atoms with Crippen LogP contribution in [0.4, 0.5) is 0 Å². The molecule has 3 heteroatoms. The van der Waals surface area contributed by atoms with Crippen LogP contribution >= 0.6 is 0 Å². The zero-order chi connectivity index (χ0) is 10.3. The second-order valence-electron chi connectivity index (χ2n) is 3.35. The molecule has 0 aliphatic carbocycles. The van der Waals surface area contributed by atoms with Gasteiger partial charge < -0.3 is 10.2 Å². The molecule has 0 spiro atoms. The number of hydrogen-bond acceptors (Lipinski definition) is 2. The number of carbonyl (C=O) groups excluding carboxylic acids is 1. The first kappa shape index (κ1) is 12.2. The van der Waals surface area contributed by atoms with E-state index in [1.807, 2.05) is 27.0 Å². The molecule has 0 aromatic carbocycles. The molecule has 0 bridgehead atoms. The Balaban J connectivity index is 3.56. The third-order valence-corrected chi connectivity index (χ3v) is 1.97. The molecular weight excluding hydrogens is 164 g/mol. The molecule has 0 aromatic heterocycles. The van der Waals surface area contributed by atoms with Gasteiger partial charge in [-0.15, -0.1) is 6.58 Å². The molecular formula is C10H20N2O. The Kier molecular flexibility index (Phi) is 6.24. The molecule has 0 unspecified atom stereocenters. The van der Waals surface area contributed by atoms with Gasteiger partial charge in [0.05, 0.1) is 6.54 Å². The summed E-state index contributed by atoms with van der Waals surface area (Å²) in [6, 6.07) is 0.272. The van der Waals surface area contributed by atoms with Crippen molar-refractivity contribution in [3.8, 4) is 0 Å². The van der Waals surface area contributed by atoms with Crippen molar-refractivity contribution < 1.29 is 4.79 Å². The first-order chi connectivity index (χ1) is 6.09. The van der Waals surface area contributed by atoms with Gasteiger partial charge in [-0.05, 0) is 26.8 Å². The van der Waals surface area contributed by atoms with Crippen LogP contribution in [0, 0.1) is 0 Å². The first-order valence-electron chi connectivity index (χ1n) is 4.67. The number of nitrogens with zero attached hydrogens (tertiary/aromatic N) is 1. The van der Waals surface area contributed by atoms with E-state index in [1.165, 1.54) is 0 Å². The normalized spacial score (nSPS) is 10.2. The second kappa shape index (κ2) is 6.66. The highest BCUT2D eigenvalue weighted by Crippen LogP contribution is 1.92. The van der Waals surface area contributed by atoms with Crippen molar-refractivity contribution in [3.63, 3.8) is 0 Å². The second-order valence-corrected chi connectivity index (χ2v) is 3.35. The maximum Gasteiger partial charge on any atom is 0.236 e. The third-order valence-electron chi connectivity index (χ3n) is 1.97. The number of amides is 1. The standard InChI is InChI=1S/C10H20N2O/c1-5-6-7-11-8-10(13)12(4)9(2)3/h5,9,11H,1,6-8H2,2-4H3. The molecule has 0 radical (unpaired) electrons. The van der Waals surface area contributed by atoms with Gasteiger partial charge in [0.2, 0.25) is 5.91 Å². The summed E-state index contributed by atoms with van der Waals surface area (Å²) in [6.45, 7) is 8.85. The van der Waals surface area contributed by atoms with Crippen LogP contribution in [0.25, 0.3) is 0 Å². The zero-order valence-corrected chi connectivity index (χ0v) is 8.84. The number of hydrogen-bond donors (Lipinski definition) is 1. The van der Waals surface area contributed by atoms with Crippen LogP contribution in [0.1, 0.15) is 20.3 Å². The molecule has 0 rings (SSSR count). The summed E-state index contributed by atoms with van der Waals surface area (Å²) in [5.41, 5.74) is 0. The minimum atomic E-state index is 0.138. The Bertz CT molecular complexity index is 166. The van der Waals surface area contributed by atoms with Crippen LogP contribution in [-0.4, -0.2) is 37.0 Å². The monoisotopic (exact) mass is 184 g/mol. The maximum atomic E-state index is 11.4. The van der Waals surface area contributed by atoms with Crippen molar-refractivity contribution in [1.29, 1.82) is 0 Å². The van der Waals surface area contributed by atoms with Gasteiger partial charge in [0.15, 0.2) is 0 Å². The number of nitrogens with one attached hydrogen (secondary N) is 1. The summed E-state index contributed by atoms with van der Waals surface area (Å²) in [7, 11) is 1.82. The largest absolute Gasteiger partial charge is 0.342 e. The molecule has 0 atom stereocenters. The lowest BCUT2D eigenvalue weighted by atomic mass is 10.3. The van der Waals surface area contributed by atoms with E-state index in [-0.39, 0.29) is 11.9 Å². The first-order valence-corrected chi connectivity index (χ1v) is 4.67. The van der Waals surface area contributed by atoms with Crippen molar-refractivity contribution in [1.82, 2.24) is 10.2 Å². The van der Waals surface area contributed by atoms with Gasteiger partial charge in [-0.2, -0.15) is 0 Å². The molecule has 76 valence electrons. The highest BCUT2D eigenvalue weighted by molar-refractivity contribution is 5.78. The lowest BCUT2D eigenvalue weighted by molar-refractivity contribution is -0.130. The Labute approximate surface area is 80.8 Å². The van der Waals surface area contributed by atoms with Crippen LogP contribution < -0.4 is 5.32 Å². The Morgan fingerprint density at radius 2 is 2.23 bits per heavy atom. The van der Waals surface area contributed by atoms with Crippen LogP contribution in [0.3, 0.4) is 0 Å². The van der Waals surface area contributed by atoms with Gasteiger partial charge in [0, 0.05) is 13.1 Å². The van der Waals surface area contributed by atoms with Crippen molar-refractivity contribution in [3.05, 3.63) is 12.7 Å². The van der Waals surface area contributed by atoms with Crippen molar-refractivity contribution in [2.45, 2.75) is 26.3 Å². The van der Waals surface area contributed by atoms with E-state index < -0.39 is 0 Å². The van der Waals surface area contributed by atoms with Gasteiger partial charge in [-0.3, -0.25) is 4.79 Å². The van der Waals surface area contributed by atoms with E-state index >= 15 is 0 Å². The quantitative estimate of drug-likeness (QED) is 0.494. The molecule has 3 nitrogen and oxygen atoms in total. The summed E-state index contributed by atoms with van der Waals surface area (Å²) in [6.07, 6.45) is 2.74. The molecule has 0 saturated carbocycles. The van der Waals surface area contributed by atoms with Crippen molar-refractivity contribution in [2.24, 2.45) is 0 Å². The highest BCUT2D eigenvalue weighted by Gasteiger charge is 2.09. The number of likely N-dealkylation sites (N-methyl/N-ethyl adjacent to an activating group) is 1. The van der Waals surface area contributed by atoms with Crippen LogP contribution in [0.5, 0.6) is 0 Å². The smallest absolute Gasteiger partial charge is 0.236 e. The summed E-state index contributed by atoms with van der Waals surface area (Å²) >= 11 is 0. The predicted octanol–water partition coefficient (Wildman–Crippen LogP) is 1.02. The van der Waals surface area contributed by atoms with Gasteiger partial charge in [-0.1, -0.05) is 6.08 Å². The molecule has 0 aliphatic rings. The molecule has 0 heterocycles. The lowest BCUT2D eigenvalue weighted by Gasteiger charge is -2.21. The van der Waals surface area contributed by atoms with Crippen LogP contribution in [-0.2, 0) is 4.79 Å². The minimum absolute atomic E-state index is 0.138. The summed E-state index contributed by atoms with van der Waals surface area (Å²) in [5.74, 6) is 0.138. The SMILES string of the molecule is C=CCCNCC(=O)N(C)C(C)C. The fraction of sp³-hybridized carbons (Fsp3) is 0.700. The average Bonchev–Trinajstić information content (AvgIpc) is 2.10. The minimum Gasteiger partial charge on any atom is -0.342 e. The average molecular weight is 184 g/mol. The predicted molar refractivity (Wildman–Crippen MR) is 55.6 cm³/mol. The van der Waals surface area contributed by atoms with E-state index in [9.17, 15) is 4.79 Å². The van der Waals surface area contributed by atoms with Crippen molar-refractivity contribution >= 4 is 5.91 Å². The third kappa shape index (κ3) is 5.42. The van der Waals surface area contributed by atoms with Gasteiger partial charge in [0.1, 0.15) is 0 Å². The van der Waals surface area contributed by atoms with E-state index in [4.69, 9.17) is 0 Å². The number of carbonyl (C=O) groups is 1. The Morgan fingerprint density at radius 3 is 2.69 bits per heavy atom. The fourth-order valence-corrected chi connectivity index (χ4v) is 0.812. The topological polar surface area (TPSA) is 32.3 Å². The van der Waals surface area contributed by atoms with E-state index in [2.05, 4.69) is 11.9 Å². The van der Waals surface area contributed by atoms with Crippen LogP contribution in [0.15, 0.2) is 12.7 Å². The fourth-order valence-electron chi connectivity index (χ4n) is 0.812. The Hall–Kier alpha value is -0.830. The highest BCUT2D eigenvalue weighted by atomic mass is 16.2. The molecule has 0 aliphatic heterocycles. The van der Waals surface area contributed by atoms with Gasteiger partial charge in [0.25, 0.3) is 0 Å². The molecule has 0 fully saturated rings. The Morgan fingerprint density at radius 1 is 1.62 bits per heavy atom. The summed E-state index contributed by atoms with van der Waals surface area (Å²) in [4.78, 5) is 13.1. The van der Waals surface area contributed by atoms with Crippen molar-refractivity contribution in [2.75, 3.05) is 20.1 Å².